The lowest BCUT2D eigenvalue weighted by Gasteiger charge is -2.10. The molecule has 0 N–H and O–H groups in total. The second-order valence-electron chi connectivity index (χ2n) is 3.36. The van der Waals surface area contributed by atoms with Crippen LogP contribution in [0.4, 0.5) is 0 Å². The number of carbonyl (C=O) groups is 2. The summed E-state index contributed by atoms with van der Waals surface area (Å²) in [6, 6.07) is 3.52. The summed E-state index contributed by atoms with van der Waals surface area (Å²) in [5.74, 6) is -0.300. The molecule has 1 aliphatic heterocycles. The molecule has 14 heavy (non-hydrogen) atoms. The van der Waals surface area contributed by atoms with E-state index in [1.54, 1.807) is 32.4 Å². The molecule has 0 saturated heterocycles. The molecule has 1 aromatic heterocycles. The first-order valence-electron chi connectivity index (χ1n) is 4.26. The predicted octanol–water partition coefficient (Wildman–Crippen LogP) is 0.613. The summed E-state index contributed by atoms with van der Waals surface area (Å²) in [4.78, 5) is 24.5. The number of likely N-dealkylation sites (N-methyl/N-ethyl adjacent to an activating group) is 1. The van der Waals surface area contributed by atoms with Crippen molar-refractivity contribution in [2.75, 3.05) is 14.1 Å². The van der Waals surface area contributed by atoms with E-state index < -0.39 is 0 Å². The minimum absolute atomic E-state index is 0.143. The zero-order valence-electron chi connectivity index (χ0n) is 8.02. The average Bonchev–Trinajstić information content (AvgIpc) is 2.68. The molecule has 72 valence electrons. The Kier molecular flexibility index (Phi) is 1.77. The molecule has 0 fully saturated rings. The Morgan fingerprint density at radius 1 is 1.43 bits per heavy atom. The molecule has 1 aromatic rings. The van der Waals surface area contributed by atoms with E-state index in [0.29, 0.717) is 11.3 Å². The van der Waals surface area contributed by atoms with Gasteiger partial charge in [-0.3, -0.25) is 14.2 Å². The van der Waals surface area contributed by atoms with Crippen LogP contribution in [-0.4, -0.2) is 35.4 Å². The summed E-state index contributed by atoms with van der Waals surface area (Å²) in [5, 5.41) is 0. The largest absolute Gasteiger partial charge is 0.345 e. The zero-order valence-corrected chi connectivity index (χ0v) is 8.02. The maximum atomic E-state index is 11.6. The van der Waals surface area contributed by atoms with Crippen LogP contribution in [0.2, 0.25) is 0 Å². The Hall–Kier alpha value is -1.84. The second kappa shape index (κ2) is 2.83. The van der Waals surface area contributed by atoms with Crippen molar-refractivity contribution in [3.05, 3.63) is 30.1 Å². The minimum Gasteiger partial charge on any atom is -0.345 e. The first-order valence-corrected chi connectivity index (χ1v) is 4.26. The summed E-state index contributed by atoms with van der Waals surface area (Å²) in [6.45, 7) is 0. The molecule has 0 aromatic carbocycles. The number of nitrogens with zero attached hydrogens (tertiary/aromatic N) is 2. The van der Waals surface area contributed by atoms with Crippen LogP contribution in [0.1, 0.15) is 10.5 Å². The van der Waals surface area contributed by atoms with Gasteiger partial charge in [0.1, 0.15) is 0 Å². The Morgan fingerprint density at radius 2 is 2.14 bits per heavy atom. The molecule has 4 heteroatoms. The van der Waals surface area contributed by atoms with Crippen molar-refractivity contribution in [2.24, 2.45) is 0 Å². The molecule has 0 radical (unpaired) electrons. The molecule has 0 atom stereocenters. The van der Waals surface area contributed by atoms with Crippen molar-refractivity contribution in [2.45, 2.75) is 0 Å². The number of amides is 1. The van der Waals surface area contributed by atoms with Gasteiger partial charge in [-0.05, 0) is 12.1 Å². The third kappa shape index (κ3) is 1.08. The van der Waals surface area contributed by atoms with E-state index >= 15 is 0 Å². The van der Waals surface area contributed by atoms with Crippen molar-refractivity contribution in [3.63, 3.8) is 0 Å². The number of carbonyl (C=O) groups excluding carboxylic acids is 2. The number of fused-ring (bicyclic) bond motifs is 1. The fraction of sp³-hybridized carbons (Fsp3) is 0.200. The van der Waals surface area contributed by atoms with Gasteiger partial charge in [0.25, 0.3) is 11.8 Å². The van der Waals surface area contributed by atoms with Crippen LogP contribution in [-0.2, 0) is 4.79 Å². The number of aromatic nitrogens is 1. The topological polar surface area (TPSA) is 42.3 Å². The molecule has 0 saturated carbocycles. The van der Waals surface area contributed by atoms with Gasteiger partial charge in [0.2, 0.25) is 0 Å². The first-order chi connectivity index (χ1) is 6.61. The van der Waals surface area contributed by atoms with Crippen LogP contribution in [0, 0.1) is 0 Å². The highest BCUT2D eigenvalue weighted by Gasteiger charge is 2.25. The van der Waals surface area contributed by atoms with Crippen LogP contribution in [0.5, 0.6) is 0 Å². The van der Waals surface area contributed by atoms with Crippen LogP contribution in [0.3, 0.4) is 0 Å². The Morgan fingerprint density at radius 3 is 2.79 bits per heavy atom. The number of hydrogen-bond acceptors (Lipinski definition) is 2. The SMILES string of the molecule is CN(C)C(=O)C1=CC(=O)n2cccc21. The van der Waals surface area contributed by atoms with Gasteiger partial charge in [0.05, 0.1) is 11.3 Å². The van der Waals surface area contributed by atoms with Gasteiger partial charge in [0, 0.05) is 26.4 Å². The van der Waals surface area contributed by atoms with Gasteiger partial charge in [-0.15, -0.1) is 0 Å². The fourth-order valence-electron chi connectivity index (χ4n) is 1.47. The van der Waals surface area contributed by atoms with E-state index in [0.717, 1.165) is 0 Å². The van der Waals surface area contributed by atoms with E-state index in [2.05, 4.69) is 0 Å². The molecule has 1 aliphatic rings. The normalized spacial score (nSPS) is 13.9. The number of hydrogen-bond donors (Lipinski definition) is 0. The lowest BCUT2D eigenvalue weighted by molar-refractivity contribution is -0.122. The third-order valence-electron chi connectivity index (χ3n) is 2.17. The smallest absolute Gasteiger partial charge is 0.255 e. The standard InChI is InChI=1S/C10H10N2O2/c1-11(2)10(14)7-6-9(13)12-5-3-4-8(7)12/h3-6H,1-2H3. The molecular weight excluding hydrogens is 180 g/mol. The van der Waals surface area contributed by atoms with Gasteiger partial charge >= 0.3 is 0 Å². The van der Waals surface area contributed by atoms with Gasteiger partial charge in [-0.2, -0.15) is 0 Å². The van der Waals surface area contributed by atoms with Crippen molar-refractivity contribution < 1.29 is 9.59 Å². The molecule has 0 bridgehead atoms. The van der Waals surface area contributed by atoms with Gasteiger partial charge < -0.3 is 4.90 Å². The highest BCUT2D eigenvalue weighted by atomic mass is 16.2. The summed E-state index contributed by atoms with van der Waals surface area (Å²) in [5.41, 5.74) is 1.14. The number of rotatable bonds is 1. The molecule has 0 aliphatic carbocycles. The molecule has 0 unspecified atom stereocenters. The predicted molar refractivity (Wildman–Crippen MR) is 51.7 cm³/mol. The maximum Gasteiger partial charge on any atom is 0.255 e. The maximum absolute atomic E-state index is 11.6. The molecular formula is C10H10N2O2. The van der Waals surface area contributed by atoms with E-state index in [-0.39, 0.29) is 11.8 Å². The van der Waals surface area contributed by atoms with Crippen LogP contribution in [0.15, 0.2) is 24.4 Å². The monoisotopic (exact) mass is 190 g/mol. The third-order valence-corrected chi connectivity index (χ3v) is 2.17. The summed E-state index contributed by atoms with van der Waals surface area (Å²) in [6.07, 6.45) is 3.03. The van der Waals surface area contributed by atoms with Gasteiger partial charge in [0.15, 0.2) is 0 Å². The lowest BCUT2D eigenvalue weighted by atomic mass is 10.2. The van der Waals surface area contributed by atoms with E-state index in [4.69, 9.17) is 0 Å². The van der Waals surface area contributed by atoms with Crippen molar-refractivity contribution in [3.8, 4) is 0 Å². The highest BCUT2D eigenvalue weighted by molar-refractivity contribution is 6.26. The Balaban J connectivity index is 2.46. The summed E-state index contributed by atoms with van der Waals surface area (Å²) < 4.78 is 1.47. The summed E-state index contributed by atoms with van der Waals surface area (Å²) in [7, 11) is 3.33. The Bertz CT molecular complexity index is 441. The molecule has 1 amide bonds. The molecule has 0 spiro atoms. The van der Waals surface area contributed by atoms with Crippen LogP contribution < -0.4 is 0 Å². The average molecular weight is 190 g/mol. The highest BCUT2D eigenvalue weighted by Crippen LogP contribution is 2.23. The van der Waals surface area contributed by atoms with Crippen molar-refractivity contribution in [1.29, 1.82) is 0 Å². The fourth-order valence-corrected chi connectivity index (χ4v) is 1.47. The van der Waals surface area contributed by atoms with Crippen LogP contribution >= 0.6 is 0 Å². The Labute approximate surface area is 81.4 Å². The number of allylic oxidation sites excluding steroid dienone is 1. The molecule has 2 heterocycles. The second-order valence-corrected chi connectivity index (χ2v) is 3.36. The van der Waals surface area contributed by atoms with Crippen LogP contribution in [0.25, 0.3) is 5.57 Å². The van der Waals surface area contributed by atoms with E-state index in [1.807, 2.05) is 0 Å². The molecule has 4 nitrogen and oxygen atoms in total. The summed E-state index contributed by atoms with van der Waals surface area (Å²) >= 11 is 0. The minimum atomic E-state index is -0.157. The van der Waals surface area contributed by atoms with E-state index in [1.165, 1.54) is 15.5 Å². The molecule has 2 rings (SSSR count). The van der Waals surface area contributed by atoms with Crippen molar-refractivity contribution >= 4 is 17.4 Å². The quantitative estimate of drug-likeness (QED) is 0.651. The zero-order chi connectivity index (χ0) is 10.3. The van der Waals surface area contributed by atoms with Gasteiger partial charge in [-0.25, -0.2) is 0 Å². The van der Waals surface area contributed by atoms with Crippen molar-refractivity contribution in [1.82, 2.24) is 9.47 Å². The lowest BCUT2D eigenvalue weighted by Crippen LogP contribution is -2.22. The van der Waals surface area contributed by atoms with Gasteiger partial charge in [-0.1, -0.05) is 0 Å². The first kappa shape index (κ1) is 8.74. The van der Waals surface area contributed by atoms with E-state index in [9.17, 15) is 9.59 Å².